The second-order valence-electron chi connectivity index (χ2n) is 6.08. The Morgan fingerprint density at radius 1 is 1.36 bits per heavy atom. The SMILES string of the molecule is CCC[C@@H]1CN(C(=O)c2ccc3c(c2)NC(=O)CN3)C[C@H]1N. The van der Waals surface area contributed by atoms with Gasteiger partial charge in [-0.25, -0.2) is 0 Å². The van der Waals surface area contributed by atoms with E-state index >= 15 is 0 Å². The molecule has 2 heterocycles. The standard InChI is InChI=1S/C16H22N4O2/c1-2-3-11-8-20(9-12(11)17)16(22)10-4-5-13-14(6-10)19-15(21)7-18-13/h4-6,11-12,18H,2-3,7-9,17H2,1H3,(H,19,21)/t11-,12-/m1/s1. The Labute approximate surface area is 130 Å². The molecule has 0 radical (unpaired) electrons. The van der Waals surface area contributed by atoms with Crippen LogP contribution in [0.5, 0.6) is 0 Å². The first-order valence-electron chi connectivity index (χ1n) is 7.81. The fourth-order valence-electron chi connectivity index (χ4n) is 3.23. The quantitative estimate of drug-likeness (QED) is 0.784. The molecule has 6 nitrogen and oxygen atoms in total. The van der Waals surface area contributed by atoms with E-state index in [1.807, 2.05) is 11.0 Å². The molecule has 1 aromatic rings. The summed E-state index contributed by atoms with van der Waals surface area (Å²) in [6.45, 7) is 3.72. The number of carbonyl (C=O) groups excluding carboxylic acids is 2. The zero-order chi connectivity index (χ0) is 15.7. The smallest absolute Gasteiger partial charge is 0.253 e. The number of likely N-dealkylation sites (tertiary alicyclic amines) is 1. The first kappa shape index (κ1) is 14.8. The third kappa shape index (κ3) is 2.78. The molecule has 0 bridgehead atoms. The molecule has 0 spiro atoms. The lowest BCUT2D eigenvalue weighted by molar-refractivity contribution is -0.114. The minimum Gasteiger partial charge on any atom is -0.374 e. The molecule has 2 amide bonds. The van der Waals surface area contributed by atoms with Gasteiger partial charge in [-0.1, -0.05) is 13.3 Å². The Morgan fingerprint density at radius 2 is 2.18 bits per heavy atom. The van der Waals surface area contributed by atoms with Crippen molar-refractivity contribution in [2.45, 2.75) is 25.8 Å². The van der Waals surface area contributed by atoms with Crippen LogP contribution in [0.15, 0.2) is 18.2 Å². The third-order valence-electron chi connectivity index (χ3n) is 4.42. The summed E-state index contributed by atoms with van der Waals surface area (Å²) >= 11 is 0. The van der Waals surface area contributed by atoms with Crippen molar-refractivity contribution in [2.75, 3.05) is 30.3 Å². The number of benzene rings is 1. The Kier molecular flexibility index (Phi) is 4.02. The highest BCUT2D eigenvalue weighted by atomic mass is 16.2. The highest BCUT2D eigenvalue weighted by molar-refractivity contribution is 6.03. The Morgan fingerprint density at radius 3 is 2.95 bits per heavy atom. The van der Waals surface area contributed by atoms with Gasteiger partial charge in [0.05, 0.1) is 17.9 Å². The van der Waals surface area contributed by atoms with E-state index in [-0.39, 0.29) is 24.4 Å². The van der Waals surface area contributed by atoms with Gasteiger partial charge in [-0.2, -0.15) is 0 Å². The summed E-state index contributed by atoms with van der Waals surface area (Å²) in [7, 11) is 0. The van der Waals surface area contributed by atoms with E-state index in [0.717, 1.165) is 25.1 Å². The maximum Gasteiger partial charge on any atom is 0.253 e. The molecule has 2 atom stereocenters. The van der Waals surface area contributed by atoms with Gasteiger partial charge in [-0.15, -0.1) is 0 Å². The van der Waals surface area contributed by atoms with Crippen LogP contribution in [0.2, 0.25) is 0 Å². The molecule has 6 heteroatoms. The molecule has 0 aliphatic carbocycles. The number of nitrogens with zero attached hydrogens (tertiary/aromatic N) is 1. The van der Waals surface area contributed by atoms with E-state index in [9.17, 15) is 9.59 Å². The van der Waals surface area contributed by atoms with Gasteiger partial charge in [0.15, 0.2) is 0 Å². The number of hydrogen-bond acceptors (Lipinski definition) is 4. The van der Waals surface area contributed by atoms with Crippen LogP contribution < -0.4 is 16.4 Å². The third-order valence-corrected chi connectivity index (χ3v) is 4.42. The van der Waals surface area contributed by atoms with Crippen LogP contribution in [-0.2, 0) is 4.79 Å². The van der Waals surface area contributed by atoms with Crippen LogP contribution in [0.3, 0.4) is 0 Å². The Balaban J connectivity index is 1.76. The highest BCUT2D eigenvalue weighted by Gasteiger charge is 2.32. The van der Waals surface area contributed by atoms with Gasteiger partial charge in [-0.05, 0) is 30.5 Å². The molecule has 22 heavy (non-hydrogen) atoms. The molecule has 3 rings (SSSR count). The van der Waals surface area contributed by atoms with Crippen molar-refractivity contribution in [3.63, 3.8) is 0 Å². The number of hydrogen-bond donors (Lipinski definition) is 3. The number of carbonyl (C=O) groups is 2. The second kappa shape index (κ2) is 5.96. The summed E-state index contributed by atoms with van der Waals surface area (Å²) in [6, 6.07) is 5.43. The number of rotatable bonds is 3. The predicted molar refractivity (Wildman–Crippen MR) is 85.8 cm³/mol. The van der Waals surface area contributed by atoms with E-state index in [1.165, 1.54) is 0 Å². The maximum absolute atomic E-state index is 12.6. The second-order valence-corrected chi connectivity index (χ2v) is 6.08. The molecular formula is C16H22N4O2. The van der Waals surface area contributed by atoms with E-state index < -0.39 is 0 Å². The van der Waals surface area contributed by atoms with Crippen LogP contribution in [-0.4, -0.2) is 42.4 Å². The molecule has 1 fully saturated rings. The van der Waals surface area contributed by atoms with Crippen LogP contribution in [0.4, 0.5) is 11.4 Å². The van der Waals surface area contributed by atoms with Crippen molar-refractivity contribution in [3.05, 3.63) is 23.8 Å². The first-order chi connectivity index (χ1) is 10.6. The predicted octanol–water partition coefficient (Wildman–Crippen LogP) is 1.25. The fourth-order valence-corrected chi connectivity index (χ4v) is 3.23. The van der Waals surface area contributed by atoms with E-state index in [4.69, 9.17) is 5.73 Å². The lowest BCUT2D eigenvalue weighted by atomic mass is 9.99. The molecule has 2 aliphatic rings. The first-order valence-corrected chi connectivity index (χ1v) is 7.81. The van der Waals surface area contributed by atoms with Crippen LogP contribution in [0.25, 0.3) is 0 Å². The number of anilines is 2. The highest BCUT2D eigenvalue weighted by Crippen LogP contribution is 2.28. The van der Waals surface area contributed by atoms with E-state index in [0.29, 0.717) is 23.7 Å². The summed E-state index contributed by atoms with van der Waals surface area (Å²) in [5.41, 5.74) is 8.24. The zero-order valence-electron chi connectivity index (χ0n) is 12.8. The molecule has 4 N–H and O–H groups in total. The molecule has 1 saturated heterocycles. The lowest BCUT2D eigenvalue weighted by Crippen LogP contribution is -2.32. The average Bonchev–Trinajstić information content (AvgIpc) is 2.87. The van der Waals surface area contributed by atoms with Gasteiger partial charge in [0.2, 0.25) is 5.91 Å². The minimum absolute atomic E-state index is 0.0170. The molecule has 118 valence electrons. The van der Waals surface area contributed by atoms with Gasteiger partial charge in [0, 0.05) is 24.7 Å². The Hall–Kier alpha value is -2.08. The summed E-state index contributed by atoms with van der Waals surface area (Å²) in [6.07, 6.45) is 2.13. The maximum atomic E-state index is 12.6. The largest absolute Gasteiger partial charge is 0.374 e. The van der Waals surface area contributed by atoms with E-state index in [1.54, 1.807) is 12.1 Å². The van der Waals surface area contributed by atoms with E-state index in [2.05, 4.69) is 17.6 Å². The summed E-state index contributed by atoms with van der Waals surface area (Å²) < 4.78 is 0. The minimum atomic E-state index is -0.0942. The van der Waals surface area contributed by atoms with Crippen LogP contribution >= 0.6 is 0 Å². The number of nitrogens with two attached hydrogens (primary N) is 1. The molecule has 2 aliphatic heterocycles. The van der Waals surface area contributed by atoms with Gasteiger partial charge in [0.1, 0.15) is 0 Å². The average molecular weight is 302 g/mol. The van der Waals surface area contributed by atoms with Crippen molar-refractivity contribution in [1.29, 1.82) is 0 Å². The van der Waals surface area contributed by atoms with Crippen molar-refractivity contribution >= 4 is 23.2 Å². The summed E-state index contributed by atoms with van der Waals surface area (Å²) in [4.78, 5) is 25.9. The van der Waals surface area contributed by atoms with Crippen molar-refractivity contribution in [1.82, 2.24) is 4.90 Å². The molecule has 0 unspecified atom stereocenters. The lowest BCUT2D eigenvalue weighted by Gasteiger charge is -2.21. The van der Waals surface area contributed by atoms with Crippen LogP contribution in [0, 0.1) is 5.92 Å². The summed E-state index contributed by atoms with van der Waals surface area (Å²) in [5, 5.41) is 5.81. The van der Waals surface area contributed by atoms with Crippen molar-refractivity contribution in [3.8, 4) is 0 Å². The zero-order valence-corrected chi connectivity index (χ0v) is 12.8. The van der Waals surface area contributed by atoms with Gasteiger partial charge >= 0.3 is 0 Å². The molecular weight excluding hydrogens is 280 g/mol. The molecule has 0 aromatic heterocycles. The van der Waals surface area contributed by atoms with Crippen molar-refractivity contribution in [2.24, 2.45) is 11.7 Å². The van der Waals surface area contributed by atoms with Gasteiger partial charge < -0.3 is 21.3 Å². The topological polar surface area (TPSA) is 87.5 Å². The Bertz CT molecular complexity index is 602. The van der Waals surface area contributed by atoms with Crippen LogP contribution in [0.1, 0.15) is 30.1 Å². The van der Waals surface area contributed by atoms with Gasteiger partial charge in [0.25, 0.3) is 5.91 Å². The number of amides is 2. The normalized spacial score (nSPS) is 23.7. The fraction of sp³-hybridized carbons (Fsp3) is 0.500. The van der Waals surface area contributed by atoms with Gasteiger partial charge in [-0.3, -0.25) is 9.59 Å². The number of fused-ring (bicyclic) bond motifs is 1. The molecule has 1 aromatic carbocycles. The molecule has 0 saturated carbocycles. The number of nitrogens with one attached hydrogen (secondary N) is 2. The monoisotopic (exact) mass is 302 g/mol. The summed E-state index contributed by atoms with van der Waals surface area (Å²) in [5.74, 6) is 0.271. The van der Waals surface area contributed by atoms with Crippen molar-refractivity contribution < 1.29 is 9.59 Å².